The molecule has 0 spiro atoms. The highest BCUT2D eigenvalue weighted by Crippen LogP contribution is 2.59. The second kappa shape index (κ2) is 2.65. The number of nitrogens with two attached hydrogens (primary N) is 1. The van der Waals surface area contributed by atoms with E-state index in [1.165, 1.54) is 32.1 Å². The molecule has 0 aliphatic heterocycles. The minimum Gasteiger partial charge on any atom is -0.393 e. The minimum absolute atomic E-state index is 0.00294. The Balaban J connectivity index is 1.92. The van der Waals surface area contributed by atoms with E-state index in [4.69, 9.17) is 5.14 Å². The quantitative estimate of drug-likeness (QED) is 0.630. The van der Waals surface area contributed by atoms with Crippen molar-refractivity contribution in [2.45, 2.75) is 43.0 Å². The maximum absolute atomic E-state index is 9.99. The largest absolute Gasteiger partial charge is 0.393 e. The lowest BCUT2D eigenvalue weighted by Gasteiger charge is -2.57. The first kappa shape index (κ1) is 8.57. The van der Waals surface area contributed by atoms with Gasteiger partial charge in [0.05, 0.1) is 6.10 Å². The molecule has 0 saturated heterocycles. The fraction of sp³-hybridized carbons (Fsp3) is 1.00. The van der Waals surface area contributed by atoms with Crippen molar-refractivity contribution in [1.29, 1.82) is 0 Å². The lowest BCUT2D eigenvalue weighted by atomic mass is 9.54. The lowest BCUT2D eigenvalue weighted by Crippen LogP contribution is -2.55. The van der Waals surface area contributed by atoms with Crippen LogP contribution >= 0.6 is 11.9 Å². The van der Waals surface area contributed by atoms with Gasteiger partial charge in [0.25, 0.3) is 0 Å². The van der Waals surface area contributed by atoms with Crippen LogP contribution in [-0.4, -0.2) is 16.0 Å². The zero-order valence-electron chi connectivity index (χ0n) is 7.78. The third kappa shape index (κ3) is 1.10. The highest BCUT2D eigenvalue weighted by atomic mass is 32.2. The number of aliphatic hydroxyl groups is 1. The van der Waals surface area contributed by atoms with E-state index in [2.05, 4.69) is 0 Å². The van der Waals surface area contributed by atoms with Crippen LogP contribution in [-0.2, 0) is 0 Å². The summed E-state index contributed by atoms with van der Waals surface area (Å²) in [6.45, 7) is 0. The first-order valence-corrected chi connectivity index (χ1v) is 6.16. The van der Waals surface area contributed by atoms with Crippen LogP contribution in [0.15, 0.2) is 0 Å². The molecule has 4 aliphatic carbocycles. The second-order valence-corrected chi connectivity index (χ2v) is 6.36. The van der Waals surface area contributed by atoms with Gasteiger partial charge in [-0.1, -0.05) is 11.9 Å². The Kier molecular flexibility index (Phi) is 1.74. The van der Waals surface area contributed by atoms with Crippen molar-refractivity contribution in [3.05, 3.63) is 0 Å². The predicted molar refractivity (Wildman–Crippen MR) is 54.1 cm³/mol. The first-order chi connectivity index (χ1) is 6.22. The van der Waals surface area contributed by atoms with Crippen molar-refractivity contribution in [1.82, 2.24) is 0 Å². The van der Waals surface area contributed by atoms with Gasteiger partial charge in [-0.3, -0.25) is 5.14 Å². The van der Waals surface area contributed by atoms with E-state index in [1.807, 2.05) is 0 Å². The number of aliphatic hydroxyl groups excluding tert-OH is 1. The molecule has 3 N–H and O–H groups in total. The lowest BCUT2D eigenvalue weighted by molar-refractivity contribution is -0.0813. The average molecular weight is 199 g/mol. The van der Waals surface area contributed by atoms with Gasteiger partial charge in [0, 0.05) is 4.75 Å². The van der Waals surface area contributed by atoms with Gasteiger partial charge in [-0.05, 0) is 49.9 Å². The molecule has 0 amide bonds. The smallest absolute Gasteiger partial charge is 0.0597 e. The van der Waals surface area contributed by atoms with E-state index >= 15 is 0 Å². The van der Waals surface area contributed by atoms with E-state index in [-0.39, 0.29) is 6.10 Å². The van der Waals surface area contributed by atoms with E-state index < -0.39 is 0 Å². The summed E-state index contributed by atoms with van der Waals surface area (Å²) in [4.78, 5) is 0. The molecule has 0 aromatic rings. The van der Waals surface area contributed by atoms with Crippen LogP contribution in [0.3, 0.4) is 0 Å². The fourth-order valence-electron chi connectivity index (χ4n) is 4.07. The summed E-state index contributed by atoms with van der Waals surface area (Å²) < 4.78 is 0.357. The zero-order chi connectivity index (χ0) is 9.05. The van der Waals surface area contributed by atoms with E-state index in [0.717, 1.165) is 5.92 Å². The molecule has 4 bridgehead atoms. The molecule has 0 aromatic carbocycles. The topological polar surface area (TPSA) is 46.2 Å². The van der Waals surface area contributed by atoms with E-state index in [0.29, 0.717) is 16.6 Å². The molecule has 4 rings (SSSR count). The van der Waals surface area contributed by atoms with Crippen LogP contribution in [0.4, 0.5) is 0 Å². The molecule has 4 fully saturated rings. The monoisotopic (exact) mass is 199 g/mol. The van der Waals surface area contributed by atoms with Crippen molar-refractivity contribution in [3.8, 4) is 0 Å². The highest BCUT2D eigenvalue weighted by molar-refractivity contribution is 7.98. The molecule has 3 heteroatoms. The summed E-state index contributed by atoms with van der Waals surface area (Å²) in [6.07, 6.45) is 6.18. The maximum Gasteiger partial charge on any atom is 0.0597 e. The molecule has 4 saturated carbocycles. The van der Waals surface area contributed by atoms with Crippen LogP contribution in [0.2, 0.25) is 0 Å². The van der Waals surface area contributed by atoms with Gasteiger partial charge in [0.2, 0.25) is 0 Å². The molecule has 13 heavy (non-hydrogen) atoms. The summed E-state index contributed by atoms with van der Waals surface area (Å²) in [5.41, 5.74) is 0. The molecule has 2 nitrogen and oxygen atoms in total. The van der Waals surface area contributed by atoms with Gasteiger partial charge >= 0.3 is 0 Å². The number of hydrogen-bond donors (Lipinski definition) is 2. The van der Waals surface area contributed by atoms with Gasteiger partial charge in [-0.2, -0.15) is 0 Å². The van der Waals surface area contributed by atoms with Gasteiger partial charge < -0.3 is 5.11 Å². The average Bonchev–Trinajstić information content (AvgIpc) is 2.13. The van der Waals surface area contributed by atoms with E-state index in [1.54, 1.807) is 11.9 Å². The molecular weight excluding hydrogens is 182 g/mol. The third-order valence-corrected chi connectivity index (χ3v) is 5.42. The molecule has 0 heterocycles. The highest BCUT2D eigenvalue weighted by Gasteiger charge is 2.54. The van der Waals surface area contributed by atoms with Crippen molar-refractivity contribution >= 4 is 11.9 Å². The molecule has 0 radical (unpaired) electrons. The van der Waals surface area contributed by atoms with Crippen molar-refractivity contribution in [2.75, 3.05) is 0 Å². The Labute approximate surface area is 83.4 Å². The second-order valence-electron chi connectivity index (χ2n) is 5.26. The van der Waals surface area contributed by atoms with Gasteiger partial charge in [-0.15, -0.1) is 0 Å². The van der Waals surface area contributed by atoms with Crippen LogP contribution < -0.4 is 5.14 Å². The summed E-state index contributed by atoms with van der Waals surface area (Å²) >= 11 is 1.57. The molecular formula is C10H17NOS. The van der Waals surface area contributed by atoms with Gasteiger partial charge in [-0.25, -0.2) is 0 Å². The van der Waals surface area contributed by atoms with Crippen LogP contribution in [0, 0.1) is 17.8 Å². The van der Waals surface area contributed by atoms with Gasteiger partial charge in [0.1, 0.15) is 0 Å². The predicted octanol–water partition coefficient (Wildman–Crippen LogP) is 1.53. The van der Waals surface area contributed by atoms with Crippen molar-refractivity contribution < 1.29 is 5.11 Å². The van der Waals surface area contributed by atoms with E-state index in [9.17, 15) is 5.11 Å². The fourth-order valence-corrected chi connectivity index (χ4v) is 5.02. The molecule has 4 aliphatic rings. The summed E-state index contributed by atoms with van der Waals surface area (Å²) in [5.74, 6) is 2.02. The third-order valence-electron chi connectivity index (χ3n) is 4.42. The molecule has 74 valence electrons. The molecule has 0 aromatic heterocycles. The Morgan fingerprint density at radius 2 is 1.77 bits per heavy atom. The van der Waals surface area contributed by atoms with Crippen LogP contribution in [0.5, 0.6) is 0 Å². The SMILES string of the molecule is NSC12CC3CC(C1)C(O)C(C3)C2. The summed E-state index contributed by atoms with van der Waals surface area (Å²) in [6, 6.07) is 0. The Morgan fingerprint density at radius 3 is 2.31 bits per heavy atom. The Morgan fingerprint density at radius 1 is 1.15 bits per heavy atom. The standard InChI is InChI=1S/C10H17NOS/c11-13-10-3-6-1-7(4-10)9(12)8(2-6)5-10/h6-9,12H,1-5,11H2. The number of hydrogen-bond acceptors (Lipinski definition) is 3. The first-order valence-electron chi connectivity index (χ1n) is 5.28. The zero-order valence-corrected chi connectivity index (χ0v) is 8.59. The summed E-state index contributed by atoms with van der Waals surface area (Å²) in [5, 5.41) is 15.8. The Bertz CT molecular complexity index is 217. The maximum atomic E-state index is 9.99. The number of rotatable bonds is 1. The van der Waals surface area contributed by atoms with Crippen molar-refractivity contribution in [2.24, 2.45) is 22.9 Å². The van der Waals surface area contributed by atoms with Gasteiger partial charge in [0.15, 0.2) is 0 Å². The normalized spacial score (nSPS) is 58.6. The summed E-state index contributed by atoms with van der Waals surface area (Å²) in [7, 11) is 0. The Hall–Kier alpha value is 0.270. The van der Waals surface area contributed by atoms with Crippen molar-refractivity contribution in [3.63, 3.8) is 0 Å². The molecule has 2 unspecified atom stereocenters. The van der Waals surface area contributed by atoms with Crippen LogP contribution in [0.1, 0.15) is 32.1 Å². The molecule has 2 atom stereocenters. The minimum atomic E-state index is -0.00294. The van der Waals surface area contributed by atoms with Crippen LogP contribution in [0.25, 0.3) is 0 Å².